The summed E-state index contributed by atoms with van der Waals surface area (Å²) in [5, 5.41) is 2.26. The van der Waals surface area contributed by atoms with Crippen molar-refractivity contribution >= 4 is 43.9 Å². The summed E-state index contributed by atoms with van der Waals surface area (Å²) in [6, 6.07) is 53.5. The number of pyridine rings is 2. The van der Waals surface area contributed by atoms with Crippen molar-refractivity contribution in [3.05, 3.63) is 157 Å². The van der Waals surface area contributed by atoms with Gasteiger partial charge in [-0.3, -0.25) is 0 Å². The number of hydrogen-bond donors (Lipinski definition) is 0. The summed E-state index contributed by atoms with van der Waals surface area (Å²) in [6.07, 6.45) is 0.171. The average Bonchev–Trinajstić information content (AvgIpc) is 3.87. The number of aromatic nitrogens is 4. The van der Waals surface area contributed by atoms with Crippen LogP contribution in [-0.2, 0) is 4.74 Å². The number of rotatable bonds is 5. The van der Waals surface area contributed by atoms with E-state index < -0.39 is 0 Å². The maximum atomic E-state index is 5.66. The molecule has 0 radical (unpaired) electrons. The molecule has 0 N–H and O–H groups in total. The first-order valence-electron chi connectivity index (χ1n) is 16.0. The number of ether oxygens (including phenoxy) is 1. The fourth-order valence-corrected chi connectivity index (χ4v) is 7.04. The highest BCUT2D eigenvalue weighted by Gasteiger charge is 2.26. The number of para-hydroxylation sites is 1. The fourth-order valence-electron chi connectivity index (χ4n) is 7.04. The molecule has 1 aliphatic rings. The van der Waals surface area contributed by atoms with Crippen LogP contribution >= 0.6 is 0 Å². The molecular weight excluding hydrogens is 576 g/mol. The minimum atomic E-state index is 0.171. The first-order valence-corrected chi connectivity index (χ1v) is 16.0. The van der Waals surface area contributed by atoms with Gasteiger partial charge in [-0.1, -0.05) is 91.0 Å². The Balaban J connectivity index is 1.19. The third kappa shape index (κ3) is 4.21. The van der Waals surface area contributed by atoms with E-state index in [0.717, 1.165) is 84.4 Å². The van der Waals surface area contributed by atoms with E-state index >= 15 is 0 Å². The van der Waals surface area contributed by atoms with Crippen molar-refractivity contribution < 1.29 is 4.74 Å². The molecule has 5 heteroatoms. The van der Waals surface area contributed by atoms with Gasteiger partial charge >= 0.3 is 0 Å². The summed E-state index contributed by atoms with van der Waals surface area (Å²) in [5.74, 6) is 0. The van der Waals surface area contributed by atoms with Gasteiger partial charge in [-0.2, -0.15) is 0 Å². The van der Waals surface area contributed by atoms with E-state index in [0.29, 0.717) is 0 Å². The van der Waals surface area contributed by atoms with E-state index in [9.17, 15) is 0 Å². The van der Waals surface area contributed by atoms with Gasteiger partial charge in [0.05, 0.1) is 51.1 Å². The number of epoxide rings is 1. The quantitative estimate of drug-likeness (QED) is 0.184. The Morgan fingerprint density at radius 3 is 1.62 bits per heavy atom. The van der Waals surface area contributed by atoms with Crippen molar-refractivity contribution in [3.8, 4) is 33.9 Å². The molecule has 5 heterocycles. The zero-order valence-corrected chi connectivity index (χ0v) is 25.4. The molecule has 5 aromatic carbocycles. The summed E-state index contributed by atoms with van der Waals surface area (Å²) in [7, 11) is 0. The molecule has 1 fully saturated rings. The smallest absolute Gasteiger partial charge is 0.106 e. The van der Waals surface area contributed by atoms with Crippen LogP contribution < -0.4 is 0 Å². The fraction of sp³-hybridized carbons (Fsp3) is 0.0476. The molecule has 0 saturated carbocycles. The zero-order chi connectivity index (χ0) is 30.9. The lowest BCUT2D eigenvalue weighted by molar-refractivity contribution is 0.416. The van der Waals surface area contributed by atoms with Crippen molar-refractivity contribution in [3.63, 3.8) is 0 Å². The second-order valence-corrected chi connectivity index (χ2v) is 12.2. The second-order valence-electron chi connectivity index (χ2n) is 12.2. The molecule has 0 spiro atoms. The number of fused-ring (bicyclic) bond motifs is 6. The summed E-state index contributed by atoms with van der Waals surface area (Å²) in [5.41, 5.74) is 13.9. The second kappa shape index (κ2) is 10.2. The molecule has 10 rings (SSSR count). The predicted octanol–water partition coefficient (Wildman–Crippen LogP) is 10.1. The van der Waals surface area contributed by atoms with Gasteiger partial charge in [0.1, 0.15) is 6.10 Å². The first-order chi connectivity index (χ1) is 23.3. The van der Waals surface area contributed by atoms with Crippen LogP contribution in [0.4, 0.5) is 0 Å². The van der Waals surface area contributed by atoms with Crippen LogP contribution in [0.5, 0.6) is 0 Å². The van der Waals surface area contributed by atoms with E-state index in [-0.39, 0.29) is 6.10 Å². The van der Waals surface area contributed by atoms with Gasteiger partial charge in [0.15, 0.2) is 0 Å². The lowest BCUT2D eigenvalue weighted by Gasteiger charge is -2.13. The minimum Gasteiger partial charge on any atom is -0.368 e. The molecule has 1 saturated heterocycles. The molecule has 1 atom stereocenters. The van der Waals surface area contributed by atoms with Crippen molar-refractivity contribution in [2.75, 3.05) is 6.61 Å². The van der Waals surface area contributed by atoms with Gasteiger partial charge in [-0.25, -0.2) is 9.97 Å². The zero-order valence-electron chi connectivity index (χ0n) is 25.4. The van der Waals surface area contributed by atoms with E-state index in [2.05, 4.69) is 149 Å². The summed E-state index contributed by atoms with van der Waals surface area (Å²) in [6.45, 7) is 0.773. The lowest BCUT2D eigenvalue weighted by Crippen LogP contribution is -1.99. The van der Waals surface area contributed by atoms with Gasteiger partial charge in [-0.05, 0) is 66.2 Å². The van der Waals surface area contributed by atoms with Crippen LogP contribution in [0.1, 0.15) is 11.7 Å². The normalized spacial score (nSPS) is 14.4. The molecule has 4 aromatic heterocycles. The third-order valence-electron chi connectivity index (χ3n) is 9.34. The van der Waals surface area contributed by atoms with E-state index in [1.165, 1.54) is 5.56 Å². The summed E-state index contributed by atoms with van der Waals surface area (Å²) < 4.78 is 10.3. The molecule has 47 heavy (non-hydrogen) atoms. The van der Waals surface area contributed by atoms with Gasteiger partial charge in [-0.15, -0.1) is 0 Å². The Morgan fingerprint density at radius 1 is 0.468 bits per heavy atom. The van der Waals surface area contributed by atoms with Gasteiger partial charge in [0.25, 0.3) is 0 Å². The molecule has 9 aromatic rings. The Hall–Kier alpha value is -6.04. The lowest BCUT2D eigenvalue weighted by atomic mass is 10.1. The predicted molar refractivity (Wildman–Crippen MR) is 190 cm³/mol. The van der Waals surface area contributed by atoms with Gasteiger partial charge in [0.2, 0.25) is 0 Å². The van der Waals surface area contributed by atoms with E-state index in [4.69, 9.17) is 14.7 Å². The maximum Gasteiger partial charge on any atom is 0.106 e. The molecule has 0 amide bonds. The Labute approximate surface area is 271 Å². The SMILES string of the molecule is c1ccc(-c2ccc3c(n2)c2ccccc2n3-c2cccc(-n3c4ccc(C5CO5)cc4c4nc(-c5ccccc5)ccc43)c2)cc1. The van der Waals surface area contributed by atoms with Crippen LogP contribution in [0.2, 0.25) is 0 Å². The van der Waals surface area contributed by atoms with Crippen LogP contribution in [0, 0.1) is 0 Å². The van der Waals surface area contributed by atoms with E-state index in [1.54, 1.807) is 0 Å². The molecule has 0 aliphatic carbocycles. The van der Waals surface area contributed by atoms with E-state index in [1.807, 2.05) is 12.1 Å². The number of nitrogens with zero attached hydrogens (tertiary/aromatic N) is 4. The highest BCUT2D eigenvalue weighted by atomic mass is 16.6. The molecule has 5 nitrogen and oxygen atoms in total. The van der Waals surface area contributed by atoms with Crippen molar-refractivity contribution in [1.29, 1.82) is 0 Å². The average molecular weight is 605 g/mol. The highest BCUT2D eigenvalue weighted by Crippen LogP contribution is 2.38. The number of benzene rings is 5. The topological polar surface area (TPSA) is 48.2 Å². The highest BCUT2D eigenvalue weighted by molar-refractivity contribution is 6.09. The maximum absolute atomic E-state index is 5.66. The molecular formula is C42H28N4O. The monoisotopic (exact) mass is 604 g/mol. The number of hydrogen-bond acceptors (Lipinski definition) is 3. The first kappa shape index (κ1) is 26.2. The van der Waals surface area contributed by atoms with Crippen LogP contribution in [0.25, 0.3) is 77.8 Å². The van der Waals surface area contributed by atoms with Crippen molar-refractivity contribution in [1.82, 2.24) is 19.1 Å². The Bertz CT molecular complexity index is 2630. The molecule has 0 bridgehead atoms. The Kier molecular flexibility index (Phi) is 5.71. The van der Waals surface area contributed by atoms with Crippen molar-refractivity contribution in [2.24, 2.45) is 0 Å². The van der Waals surface area contributed by atoms with Crippen LogP contribution in [-0.4, -0.2) is 25.7 Å². The van der Waals surface area contributed by atoms with Crippen molar-refractivity contribution in [2.45, 2.75) is 6.10 Å². The molecule has 222 valence electrons. The summed E-state index contributed by atoms with van der Waals surface area (Å²) in [4.78, 5) is 10.4. The summed E-state index contributed by atoms with van der Waals surface area (Å²) >= 11 is 0. The third-order valence-corrected chi connectivity index (χ3v) is 9.34. The van der Waals surface area contributed by atoms with Crippen LogP contribution in [0.3, 0.4) is 0 Å². The van der Waals surface area contributed by atoms with Gasteiger partial charge in [0, 0.05) is 33.3 Å². The van der Waals surface area contributed by atoms with Crippen LogP contribution in [0.15, 0.2) is 152 Å². The standard InChI is InChI=1S/C42H28N4O/c1-3-10-27(11-4-1)34-19-22-38-41(43-34)32-16-7-8-17-36(32)45(38)30-14-9-15-31(25-30)46-37-21-18-29(40-26-47-40)24-33(37)42-39(46)23-20-35(44-42)28-12-5-2-6-13-28/h1-25,40H,26H2. The molecule has 1 unspecified atom stereocenters. The van der Waals surface area contributed by atoms with Gasteiger partial charge < -0.3 is 13.9 Å². The largest absolute Gasteiger partial charge is 0.368 e. The molecule has 1 aliphatic heterocycles. The minimum absolute atomic E-state index is 0.171. The Morgan fingerprint density at radius 2 is 1.00 bits per heavy atom.